The Kier molecular flexibility index (Phi) is 4.67. The third-order valence-corrected chi connectivity index (χ3v) is 8.85. The van der Waals surface area contributed by atoms with Crippen LogP contribution >= 0.6 is 0 Å². The van der Waals surface area contributed by atoms with Crippen LogP contribution in [0.2, 0.25) is 0 Å². The second-order valence-electron chi connectivity index (χ2n) is 12.7. The fourth-order valence-electron chi connectivity index (χ4n) is 8.13. The molecule has 2 fully saturated rings. The van der Waals surface area contributed by atoms with Gasteiger partial charge in [0.05, 0.1) is 34.2 Å². The molecular formula is C28H41N4+. The lowest BCUT2D eigenvalue weighted by Crippen LogP contribution is -3.05. The van der Waals surface area contributed by atoms with Crippen molar-refractivity contribution < 1.29 is 5.32 Å². The van der Waals surface area contributed by atoms with Crippen LogP contribution in [-0.4, -0.2) is 39.1 Å². The summed E-state index contributed by atoms with van der Waals surface area (Å²) in [6.07, 6.45) is 21.0. The van der Waals surface area contributed by atoms with Crippen molar-refractivity contribution in [2.75, 3.05) is 0 Å². The summed E-state index contributed by atoms with van der Waals surface area (Å²) in [6.45, 7) is 9.48. The summed E-state index contributed by atoms with van der Waals surface area (Å²) in [5.74, 6) is 0.691. The van der Waals surface area contributed by atoms with Gasteiger partial charge < -0.3 is 10.2 Å². The van der Waals surface area contributed by atoms with Crippen LogP contribution in [0.15, 0.2) is 45.2 Å². The highest BCUT2D eigenvalue weighted by Crippen LogP contribution is 2.55. The third kappa shape index (κ3) is 3.36. The van der Waals surface area contributed by atoms with E-state index in [0.29, 0.717) is 12.0 Å². The Labute approximate surface area is 194 Å². The second kappa shape index (κ2) is 7.16. The minimum atomic E-state index is -0.000833. The first kappa shape index (κ1) is 20.9. The van der Waals surface area contributed by atoms with Gasteiger partial charge in [-0.2, -0.15) is 0 Å². The SMILES string of the molecule is CC1(C)CC(N=C2C=CC3=N[C@@]45CCCC[C@@H]4CC4=C(CCCC4)N5C3=C2)CC(C)(C)[NH2+]1. The van der Waals surface area contributed by atoms with Crippen LogP contribution in [0, 0.1) is 5.92 Å². The Balaban J connectivity index is 1.38. The molecule has 1 saturated carbocycles. The monoisotopic (exact) mass is 433 g/mol. The average molecular weight is 434 g/mol. The molecule has 0 bridgehead atoms. The highest BCUT2D eigenvalue weighted by Gasteiger charge is 2.55. The Hall–Kier alpha value is -1.68. The van der Waals surface area contributed by atoms with Gasteiger partial charge in [-0.05, 0) is 97.3 Å². The Morgan fingerprint density at radius 3 is 2.59 bits per heavy atom. The van der Waals surface area contributed by atoms with Crippen molar-refractivity contribution in [1.29, 1.82) is 0 Å². The van der Waals surface area contributed by atoms with E-state index < -0.39 is 0 Å². The lowest BCUT2D eigenvalue weighted by molar-refractivity contribution is -0.787. The maximum Gasteiger partial charge on any atom is 0.139 e. The summed E-state index contributed by atoms with van der Waals surface area (Å²) < 4.78 is 0. The number of aliphatic imine (C=N–C) groups is 2. The van der Waals surface area contributed by atoms with E-state index in [1.165, 1.54) is 69.2 Å². The average Bonchev–Trinajstić information content (AvgIpc) is 3.03. The minimum absolute atomic E-state index is 0.000833. The molecule has 2 atom stereocenters. The van der Waals surface area contributed by atoms with Gasteiger partial charge in [0.25, 0.3) is 0 Å². The van der Waals surface area contributed by atoms with Crippen molar-refractivity contribution in [2.24, 2.45) is 15.9 Å². The lowest BCUT2D eigenvalue weighted by atomic mass is 9.70. The first-order chi connectivity index (χ1) is 15.2. The van der Waals surface area contributed by atoms with Gasteiger partial charge in [-0.15, -0.1) is 0 Å². The van der Waals surface area contributed by atoms with Crippen molar-refractivity contribution in [3.63, 3.8) is 0 Å². The molecule has 172 valence electrons. The number of quaternary nitrogens is 1. The normalized spacial score (nSPS) is 36.8. The summed E-state index contributed by atoms with van der Waals surface area (Å²) in [7, 11) is 0. The molecule has 2 N–H and O–H groups in total. The van der Waals surface area contributed by atoms with Gasteiger partial charge in [0, 0.05) is 24.5 Å². The number of hydrogen-bond acceptors (Lipinski definition) is 3. The molecule has 6 aliphatic rings. The Morgan fingerprint density at radius 2 is 1.78 bits per heavy atom. The van der Waals surface area contributed by atoms with Gasteiger partial charge in [0.15, 0.2) is 0 Å². The predicted octanol–water partition coefficient (Wildman–Crippen LogP) is 5.04. The largest absolute Gasteiger partial charge is 0.337 e. The molecule has 4 nitrogen and oxygen atoms in total. The molecule has 4 heteroatoms. The molecule has 3 aliphatic carbocycles. The van der Waals surface area contributed by atoms with E-state index in [2.05, 4.69) is 56.1 Å². The third-order valence-electron chi connectivity index (χ3n) is 8.85. The maximum absolute atomic E-state index is 5.50. The summed E-state index contributed by atoms with van der Waals surface area (Å²) in [6, 6.07) is 0.392. The van der Waals surface area contributed by atoms with E-state index in [9.17, 15) is 0 Å². The van der Waals surface area contributed by atoms with Crippen molar-refractivity contribution in [1.82, 2.24) is 4.90 Å². The molecule has 32 heavy (non-hydrogen) atoms. The number of nitrogens with two attached hydrogens (primary N) is 1. The van der Waals surface area contributed by atoms with Gasteiger partial charge in [-0.25, -0.2) is 0 Å². The first-order valence-corrected chi connectivity index (χ1v) is 13.2. The summed E-state index contributed by atoms with van der Waals surface area (Å²) in [5.41, 5.74) is 7.59. The molecule has 0 aromatic heterocycles. The number of nitrogens with zero attached hydrogens (tertiary/aromatic N) is 3. The fourth-order valence-corrected chi connectivity index (χ4v) is 8.13. The number of allylic oxidation sites excluding steroid dienone is 5. The van der Waals surface area contributed by atoms with E-state index in [1.807, 2.05) is 0 Å². The molecule has 0 aromatic rings. The van der Waals surface area contributed by atoms with Crippen molar-refractivity contribution >= 4 is 11.4 Å². The highest BCUT2D eigenvalue weighted by atomic mass is 15.4. The van der Waals surface area contributed by atoms with Crippen LogP contribution in [-0.2, 0) is 0 Å². The van der Waals surface area contributed by atoms with E-state index in [1.54, 1.807) is 11.3 Å². The predicted molar refractivity (Wildman–Crippen MR) is 132 cm³/mol. The van der Waals surface area contributed by atoms with Gasteiger partial charge in [-0.1, -0.05) is 12.0 Å². The minimum Gasteiger partial charge on any atom is -0.337 e. The molecule has 0 aromatic carbocycles. The van der Waals surface area contributed by atoms with Crippen LogP contribution in [0.1, 0.15) is 98.3 Å². The van der Waals surface area contributed by atoms with Gasteiger partial charge >= 0.3 is 0 Å². The zero-order valence-electron chi connectivity index (χ0n) is 20.6. The molecule has 1 saturated heterocycles. The maximum atomic E-state index is 5.50. The van der Waals surface area contributed by atoms with Crippen molar-refractivity contribution in [2.45, 2.75) is 121 Å². The molecule has 0 radical (unpaired) electrons. The smallest absolute Gasteiger partial charge is 0.139 e. The quantitative estimate of drug-likeness (QED) is 0.579. The van der Waals surface area contributed by atoms with Gasteiger partial charge in [0.2, 0.25) is 0 Å². The van der Waals surface area contributed by atoms with Crippen molar-refractivity contribution in [3.05, 3.63) is 35.2 Å². The zero-order valence-corrected chi connectivity index (χ0v) is 20.6. The number of piperidine rings is 1. The summed E-state index contributed by atoms with van der Waals surface area (Å²) in [5, 5.41) is 2.55. The van der Waals surface area contributed by atoms with Crippen LogP contribution in [0.25, 0.3) is 0 Å². The van der Waals surface area contributed by atoms with E-state index >= 15 is 0 Å². The van der Waals surface area contributed by atoms with Crippen LogP contribution < -0.4 is 5.32 Å². The molecule has 3 aliphatic heterocycles. The number of hydrogen-bond donors (Lipinski definition) is 1. The molecular weight excluding hydrogens is 392 g/mol. The van der Waals surface area contributed by atoms with Crippen LogP contribution in [0.3, 0.4) is 0 Å². The highest BCUT2D eigenvalue weighted by molar-refractivity contribution is 6.22. The fraction of sp³-hybridized carbons (Fsp3) is 0.714. The van der Waals surface area contributed by atoms with Gasteiger partial charge in [0.1, 0.15) is 5.66 Å². The van der Waals surface area contributed by atoms with E-state index in [-0.39, 0.29) is 16.7 Å². The molecule has 0 amide bonds. The summed E-state index contributed by atoms with van der Waals surface area (Å²) in [4.78, 5) is 13.6. The molecule has 3 heterocycles. The second-order valence-corrected chi connectivity index (χ2v) is 12.7. The lowest BCUT2D eigenvalue weighted by Gasteiger charge is -2.52. The topological polar surface area (TPSA) is 44.6 Å². The van der Waals surface area contributed by atoms with Crippen LogP contribution in [0.4, 0.5) is 0 Å². The van der Waals surface area contributed by atoms with E-state index in [0.717, 1.165) is 18.6 Å². The molecule has 1 spiro atoms. The molecule has 6 rings (SSSR count). The Bertz CT molecular complexity index is 959. The molecule has 0 unspecified atom stereocenters. The zero-order chi connectivity index (χ0) is 22.1. The van der Waals surface area contributed by atoms with E-state index in [4.69, 9.17) is 9.98 Å². The van der Waals surface area contributed by atoms with Crippen LogP contribution in [0.5, 0.6) is 0 Å². The van der Waals surface area contributed by atoms with Gasteiger partial charge in [-0.3, -0.25) is 9.98 Å². The Morgan fingerprint density at radius 1 is 1.00 bits per heavy atom. The number of fused-ring (bicyclic) bond motifs is 3. The summed E-state index contributed by atoms with van der Waals surface area (Å²) >= 11 is 0. The standard InChI is InChI=1S/C28H40N4/c1-26(2)17-22(18-27(3,4)31-26)29-21-12-13-23-25(16-21)32-24-11-6-5-9-19(24)15-20-10-7-8-14-28(20,32)30-23/h12-13,16,20,22,31H,5-11,14-15,17-18H2,1-4H3/p+1/t20-,28-/m1/s1. The van der Waals surface area contributed by atoms with Crippen molar-refractivity contribution in [3.8, 4) is 0 Å². The number of rotatable bonds is 1. The first-order valence-electron chi connectivity index (χ1n) is 13.2.